The average Bonchev–Trinajstić information content (AvgIpc) is 4.09. The summed E-state index contributed by atoms with van der Waals surface area (Å²) >= 11 is 0. The lowest BCUT2D eigenvalue weighted by molar-refractivity contribution is 0.728. The van der Waals surface area contributed by atoms with Gasteiger partial charge in [-0.1, -0.05) is 194 Å². The molecule has 0 spiro atoms. The zero-order valence-electron chi connectivity index (χ0n) is 37.8. The molecule has 0 atom stereocenters. The van der Waals surface area contributed by atoms with Crippen LogP contribution < -0.4 is 0 Å². The summed E-state index contributed by atoms with van der Waals surface area (Å²) in [6, 6.07) is 87.4. The van der Waals surface area contributed by atoms with Crippen LogP contribution in [0, 0.1) is 0 Å². The number of hydrogen-bond donors (Lipinski definition) is 0. The van der Waals surface area contributed by atoms with Crippen LogP contribution in [0.2, 0.25) is 0 Å². The lowest BCUT2D eigenvalue weighted by Crippen LogP contribution is -2.35. The van der Waals surface area contributed by atoms with Gasteiger partial charge >= 0.3 is 0 Å². The van der Waals surface area contributed by atoms with Crippen LogP contribution in [0.4, 0.5) is 0 Å². The molecule has 0 radical (unpaired) electrons. The highest BCUT2D eigenvalue weighted by Crippen LogP contribution is 2.55. The standard InChI is InChI=1S/C64H40N6/c1-5-21-41(22-6-1)61-65-62(67-63(66-61)70-56-35-19-14-30-47(56)50-38-37-49-46-29-13-17-33-54(46)68(59(49)60(50)70)45-27-11-4-12-28-45)42-39-51-48-31-15-18-34-55(48)69-57-36-20-16-32-52(57)64(53(40-42)58(51)69,43-23-7-2-8-24-43)44-25-9-3-10-26-44/h1-40H. The number of rotatable bonds is 6. The highest BCUT2D eigenvalue weighted by Gasteiger charge is 2.45. The molecule has 6 nitrogen and oxygen atoms in total. The van der Waals surface area contributed by atoms with Crippen LogP contribution in [-0.4, -0.2) is 28.7 Å². The highest BCUT2D eigenvalue weighted by atomic mass is 15.2. The molecule has 70 heavy (non-hydrogen) atoms. The molecule has 0 saturated carbocycles. The molecule has 326 valence electrons. The Bertz CT molecular complexity index is 4360. The van der Waals surface area contributed by atoms with Gasteiger partial charge in [0, 0.05) is 49.1 Å². The van der Waals surface area contributed by atoms with E-state index in [0.717, 1.165) is 65.9 Å². The monoisotopic (exact) mass is 892 g/mol. The Kier molecular flexibility index (Phi) is 8.18. The van der Waals surface area contributed by atoms with E-state index in [9.17, 15) is 0 Å². The Hall–Kier alpha value is -9.39. The summed E-state index contributed by atoms with van der Waals surface area (Å²) in [7, 11) is 0. The molecule has 10 aromatic carbocycles. The van der Waals surface area contributed by atoms with E-state index in [2.05, 4.69) is 250 Å². The van der Waals surface area contributed by atoms with E-state index in [1.54, 1.807) is 0 Å². The Morgan fingerprint density at radius 3 is 1.40 bits per heavy atom. The number of benzene rings is 10. The topological polar surface area (TPSA) is 53.5 Å². The van der Waals surface area contributed by atoms with Gasteiger partial charge in [-0.05, 0) is 70.8 Å². The van der Waals surface area contributed by atoms with Gasteiger partial charge in [-0.3, -0.25) is 4.57 Å². The average molecular weight is 893 g/mol. The molecule has 4 aromatic heterocycles. The maximum absolute atomic E-state index is 5.68. The van der Waals surface area contributed by atoms with Gasteiger partial charge in [0.05, 0.1) is 44.2 Å². The van der Waals surface area contributed by atoms with Crippen molar-refractivity contribution in [2.75, 3.05) is 0 Å². The van der Waals surface area contributed by atoms with Crippen molar-refractivity contribution in [1.82, 2.24) is 28.7 Å². The first-order valence-corrected chi connectivity index (χ1v) is 23.9. The Balaban J connectivity index is 1.10. The number of para-hydroxylation sites is 5. The zero-order valence-corrected chi connectivity index (χ0v) is 37.8. The summed E-state index contributed by atoms with van der Waals surface area (Å²) in [4.78, 5) is 16.7. The van der Waals surface area contributed by atoms with Gasteiger partial charge in [-0.2, -0.15) is 9.97 Å². The molecule has 0 aliphatic carbocycles. The molecule has 5 heterocycles. The van der Waals surface area contributed by atoms with Crippen molar-refractivity contribution in [1.29, 1.82) is 0 Å². The maximum Gasteiger partial charge on any atom is 0.238 e. The molecule has 0 amide bonds. The highest BCUT2D eigenvalue weighted by molar-refractivity contribution is 6.24. The van der Waals surface area contributed by atoms with Crippen molar-refractivity contribution in [3.63, 3.8) is 0 Å². The first-order chi connectivity index (χ1) is 34.8. The minimum absolute atomic E-state index is 0.548. The maximum atomic E-state index is 5.68. The first-order valence-electron chi connectivity index (χ1n) is 23.9. The van der Waals surface area contributed by atoms with Crippen molar-refractivity contribution in [3.05, 3.63) is 265 Å². The van der Waals surface area contributed by atoms with Crippen LogP contribution in [0.5, 0.6) is 0 Å². The Labute approximate surface area is 402 Å². The second-order valence-corrected chi connectivity index (χ2v) is 18.3. The summed E-state index contributed by atoms with van der Waals surface area (Å²) < 4.78 is 7.17. The number of hydrogen-bond acceptors (Lipinski definition) is 3. The predicted molar refractivity (Wildman–Crippen MR) is 286 cm³/mol. The van der Waals surface area contributed by atoms with Crippen LogP contribution in [-0.2, 0) is 5.41 Å². The smallest absolute Gasteiger partial charge is 0.238 e. The second kappa shape index (κ2) is 14.8. The van der Waals surface area contributed by atoms with Gasteiger partial charge in [0.2, 0.25) is 5.95 Å². The summed E-state index contributed by atoms with van der Waals surface area (Å²) in [6.07, 6.45) is 0. The summed E-state index contributed by atoms with van der Waals surface area (Å²) in [5.41, 5.74) is 14.7. The number of nitrogens with zero attached hydrogens (tertiary/aromatic N) is 6. The molecule has 1 aliphatic rings. The third-order valence-electron chi connectivity index (χ3n) is 14.7. The molecule has 0 saturated heterocycles. The van der Waals surface area contributed by atoms with E-state index in [1.165, 1.54) is 44.2 Å². The van der Waals surface area contributed by atoms with E-state index >= 15 is 0 Å². The van der Waals surface area contributed by atoms with Crippen LogP contribution in [0.25, 0.3) is 106 Å². The van der Waals surface area contributed by atoms with Crippen molar-refractivity contribution in [2.45, 2.75) is 5.41 Å². The van der Waals surface area contributed by atoms with Gasteiger partial charge in [-0.25, -0.2) is 4.98 Å². The fourth-order valence-corrected chi connectivity index (χ4v) is 11.9. The molecule has 0 fully saturated rings. The summed E-state index contributed by atoms with van der Waals surface area (Å²) in [6.45, 7) is 0. The molecular weight excluding hydrogens is 853 g/mol. The van der Waals surface area contributed by atoms with Crippen molar-refractivity contribution in [3.8, 4) is 40.1 Å². The summed E-state index contributed by atoms with van der Waals surface area (Å²) in [5, 5.41) is 6.91. The number of fused-ring (bicyclic) bond motifs is 12. The molecule has 15 rings (SSSR count). The number of aromatic nitrogens is 6. The lowest BCUT2D eigenvalue weighted by atomic mass is 9.63. The SMILES string of the molecule is c1ccc(-c2nc(-c3cc4c5c(c3)c3ccccc3n5-c3ccccc3C4(c3ccccc3)c3ccccc3)nc(-n3c4ccccc4c4ccc5c6ccccc6n(-c6ccccc6)c5c43)n2)cc1. The van der Waals surface area contributed by atoms with Gasteiger partial charge < -0.3 is 9.13 Å². The molecule has 0 N–H and O–H groups in total. The molecule has 0 bridgehead atoms. The minimum atomic E-state index is -0.695. The lowest BCUT2D eigenvalue weighted by Gasteiger charge is -2.42. The van der Waals surface area contributed by atoms with E-state index in [4.69, 9.17) is 15.0 Å². The molecule has 0 unspecified atom stereocenters. The van der Waals surface area contributed by atoms with Gasteiger partial charge in [0.1, 0.15) is 0 Å². The fourth-order valence-electron chi connectivity index (χ4n) is 11.9. The van der Waals surface area contributed by atoms with Gasteiger partial charge in [0.25, 0.3) is 0 Å². The van der Waals surface area contributed by atoms with E-state index < -0.39 is 5.41 Å². The third kappa shape index (κ3) is 5.30. The molecule has 14 aromatic rings. The second-order valence-electron chi connectivity index (χ2n) is 18.3. The summed E-state index contributed by atoms with van der Waals surface area (Å²) in [5.74, 6) is 1.74. The quantitative estimate of drug-likeness (QED) is 0.167. The van der Waals surface area contributed by atoms with Crippen LogP contribution >= 0.6 is 0 Å². The van der Waals surface area contributed by atoms with Gasteiger partial charge in [0.15, 0.2) is 11.6 Å². The molecular formula is C64H40N6. The van der Waals surface area contributed by atoms with E-state index in [1.807, 2.05) is 6.07 Å². The van der Waals surface area contributed by atoms with E-state index in [0.29, 0.717) is 17.6 Å². The van der Waals surface area contributed by atoms with Crippen LogP contribution in [0.3, 0.4) is 0 Å². The largest absolute Gasteiger partial charge is 0.309 e. The molecule has 1 aliphatic heterocycles. The third-order valence-corrected chi connectivity index (χ3v) is 14.7. The molecule has 6 heteroatoms. The van der Waals surface area contributed by atoms with Crippen molar-refractivity contribution in [2.24, 2.45) is 0 Å². The van der Waals surface area contributed by atoms with Crippen LogP contribution in [0.15, 0.2) is 243 Å². The Morgan fingerprint density at radius 2 is 0.771 bits per heavy atom. The van der Waals surface area contributed by atoms with Crippen molar-refractivity contribution < 1.29 is 0 Å². The van der Waals surface area contributed by atoms with Crippen molar-refractivity contribution >= 4 is 65.4 Å². The Morgan fingerprint density at radius 1 is 0.300 bits per heavy atom. The normalized spacial score (nSPS) is 13.0. The van der Waals surface area contributed by atoms with Gasteiger partial charge in [-0.15, -0.1) is 0 Å². The van der Waals surface area contributed by atoms with E-state index in [-0.39, 0.29) is 0 Å². The fraction of sp³-hybridized carbons (Fsp3) is 0.0156. The van der Waals surface area contributed by atoms with Crippen LogP contribution in [0.1, 0.15) is 22.3 Å². The first kappa shape index (κ1) is 38.7. The predicted octanol–water partition coefficient (Wildman–Crippen LogP) is 15.2. The minimum Gasteiger partial charge on any atom is -0.309 e. The zero-order chi connectivity index (χ0) is 45.9.